The van der Waals surface area contributed by atoms with Crippen molar-refractivity contribution in [2.75, 3.05) is 14.1 Å². The van der Waals surface area contributed by atoms with Crippen molar-refractivity contribution in [2.24, 2.45) is 0 Å². The summed E-state index contributed by atoms with van der Waals surface area (Å²) < 4.78 is 31.4. The molecular weight excluding hydrogens is 400 g/mol. The molecule has 0 unspecified atom stereocenters. The maximum Gasteiger partial charge on any atom is 0.251 e. The third-order valence-electron chi connectivity index (χ3n) is 4.47. The van der Waals surface area contributed by atoms with Crippen LogP contribution in [0.15, 0.2) is 83.8 Å². The third-order valence-corrected chi connectivity index (χ3v) is 6.28. The number of sulfonamides is 1. The third kappa shape index (κ3) is 5.46. The Morgan fingerprint density at radius 1 is 0.900 bits per heavy atom. The van der Waals surface area contributed by atoms with Crippen LogP contribution < -0.4 is 10.1 Å². The van der Waals surface area contributed by atoms with Gasteiger partial charge < -0.3 is 10.1 Å². The van der Waals surface area contributed by atoms with E-state index < -0.39 is 10.0 Å². The van der Waals surface area contributed by atoms with Crippen molar-refractivity contribution in [3.63, 3.8) is 0 Å². The Morgan fingerprint density at radius 3 is 2.33 bits per heavy atom. The van der Waals surface area contributed by atoms with Crippen molar-refractivity contribution in [3.8, 4) is 5.75 Å². The molecule has 0 radical (unpaired) electrons. The van der Waals surface area contributed by atoms with Crippen molar-refractivity contribution in [1.82, 2.24) is 9.62 Å². The second-order valence-corrected chi connectivity index (χ2v) is 9.07. The van der Waals surface area contributed by atoms with E-state index in [-0.39, 0.29) is 10.8 Å². The summed E-state index contributed by atoms with van der Waals surface area (Å²) in [6.07, 6.45) is 0. The normalized spacial score (nSPS) is 11.3. The molecule has 3 aromatic rings. The maximum absolute atomic E-state index is 12.5. The molecule has 0 fully saturated rings. The van der Waals surface area contributed by atoms with Gasteiger partial charge in [0.2, 0.25) is 10.0 Å². The molecule has 30 heavy (non-hydrogen) atoms. The average Bonchev–Trinajstić information content (AvgIpc) is 2.77. The highest BCUT2D eigenvalue weighted by atomic mass is 32.2. The standard InChI is InChI=1S/C23H24N2O4S/c1-25(2)30(27,28)22-13-7-10-20(15-22)23(26)24-16-18-8-6-9-19(14-18)17-29-21-11-4-3-5-12-21/h3-15H,16-17H2,1-2H3,(H,24,26). The summed E-state index contributed by atoms with van der Waals surface area (Å²) in [6, 6.07) is 23.3. The molecule has 0 aliphatic carbocycles. The molecule has 0 atom stereocenters. The van der Waals surface area contributed by atoms with E-state index in [2.05, 4.69) is 5.32 Å². The molecular formula is C23H24N2O4S. The lowest BCUT2D eigenvalue weighted by molar-refractivity contribution is 0.0950. The van der Waals surface area contributed by atoms with Crippen LogP contribution in [0.2, 0.25) is 0 Å². The van der Waals surface area contributed by atoms with Crippen molar-refractivity contribution < 1.29 is 17.9 Å². The number of hydrogen-bond donors (Lipinski definition) is 1. The smallest absolute Gasteiger partial charge is 0.251 e. The van der Waals surface area contributed by atoms with E-state index in [4.69, 9.17) is 4.74 Å². The fourth-order valence-corrected chi connectivity index (χ4v) is 3.75. The average molecular weight is 425 g/mol. The van der Waals surface area contributed by atoms with Crippen molar-refractivity contribution >= 4 is 15.9 Å². The number of ether oxygens (including phenoxy) is 1. The molecule has 156 valence electrons. The number of hydrogen-bond acceptors (Lipinski definition) is 4. The maximum atomic E-state index is 12.5. The lowest BCUT2D eigenvalue weighted by Gasteiger charge is -2.12. The van der Waals surface area contributed by atoms with Crippen molar-refractivity contribution in [1.29, 1.82) is 0 Å². The van der Waals surface area contributed by atoms with E-state index in [0.717, 1.165) is 21.2 Å². The van der Waals surface area contributed by atoms with Crippen LogP contribution in [-0.4, -0.2) is 32.7 Å². The first-order valence-electron chi connectivity index (χ1n) is 9.43. The van der Waals surface area contributed by atoms with Gasteiger partial charge in [0.15, 0.2) is 0 Å². The molecule has 3 rings (SSSR count). The summed E-state index contributed by atoms with van der Waals surface area (Å²) in [6.45, 7) is 0.749. The Hall–Kier alpha value is -3.16. The van der Waals surface area contributed by atoms with Gasteiger partial charge in [0, 0.05) is 26.2 Å². The Labute approximate surface area is 177 Å². The van der Waals surface area contributed by atoms with E-state index in [9.17, 15) is 13.2 Å². The monoisotopic (exact) mass is 424 g/mol. The predicted molar refractivity (Wildman–Crippen MR) is 116 cm³/mol. The molecule has 3 aromatic carbocycles. The van der Waals surface area contributed by atoms with Crippen LogP contribution in [0.4, 0.5) is 0 Å². The lowest BCUT2D eigenvalue weighted by Crippen LogP contribution is -2.25. The van der Waals surface area contributed by atoms with Gasteiger partial charge in [-0.3, -0.25) is 4.79 Å². The zero-order valence-electron chi connectivity index (χ0n) is 16.9. The van der Waals surface area contributed by atoms with E-state index >= 15 is 0 Å². The van der Waals surface area contributed by atoms with Gasteiger partial charge in [0.25, 0.3) is 5.91 Å². The Bertz CT molecular complexity index is 1110. The Kier molecular flexibility index (Phi) is 6.87. The van der Waals surface area contributed by atoms with Gasteiger partial charge in [-0.25, -0.2) is 12.7 Å². The Balaban J connectivity index is 1.62. The first-order chi connectivity index (χ1) is 14.4. The van der Waals surface area contributed by atoms with Gasteiger partial charge in [-0.1, -0.05) is 48.5 Å². The molecule has 0 bridgehead atoms. The minimum absolute atomic E-state index is 0.0835. The van der Waals surface area contributed by atoms with Gasteiger partial charge in [0.05, 0.1) is 4.90 Å². The number of rotatable bonds is 8. The quantitative estimate of drug-likeness (QED) is 0.601. The molecule has 0 aliphatic rings. The van der Waals surface area contributed by atoms with Gasteiger partial charge in [-0.2, -0.15) is 0 Å². The number of carbonyl (C=O) groups is 1. The van der Waals surface area contributed by atoms with Crippen LogP contribution in [0.25, 0.3) is 0 Å². The van der Waals surface area contributed by atoms with Gasteiger partial charge in [-0.05, 0) is 41.5 Å². The predicted octanol–water partition coefficient (Wildman–Crippen LogP) is 3.45. The second kappa shape index (κ2) is 9.56. The zero-order chi connectivity index (χ0) is 21.6. The molecule has 0 aliphatic heterocycles. The second-order valence-electron chi connectivity index (χ2n) is 6.92. The van der Waals surface area contributed by atoms with E-state index in [1.54, 1.807) is 12.1 Å². The first kappa shape index (κ1) is 21.5. The molecule has 0 saturated heterocycles. The fraction of sp³-hybridized carbons (Fsp3) is 0.174. The van der Waals surface area contributed by atoms with Gasteiger partial charge in [0.1, 0.15) is 12.4 Å². The summed E-state index contributed by atoms with van der Waals surface area (Å²) in [4.78, 5) is 12.6. The minimum atomic E-state index is -3.60. The number of carbonyl (C=O) groups excluding carboxylic acids is 1. The number of nitrogens with zero attached hydrogens (tertiary/aromatic N) is 1. The van der Waals surface area contributed by atoms with Crippen LogP contribution in [0.3, 0.4) is 0 Å². The zero-order valence-corrected chi connectivity index (χ0v) is 17.7. The molecule has 0 spiro atoms. The van der Waals surface area contributed by atoms with Crippen LogP contribution >= 0.6 is 0 Å². The summed E-state index contributed by atoms with van der Waals surface area (Å²) in [5.74, 6) is 0.459. The largest absolute Gasteiger partial charge is 0.489 e. The molecule has 6 nitrogen and oxygen atoms in total. The van der Waals surface area contributed by atoms with Crippen LogP contribution in [0.1, 0.15) is 21.5 Å². The topological polar surface area (TPSA) is 75.7 Å². The molecule has 0 saturated carbocycles. The number of benzene rings is 3. The summed E-state index contributed by atoms with van der Waals surface area (Å²) in [5.41, 5.74) is 2.21. The minimum Gasteiger partial charge on any atom is -0.489 e. The van der Waals surface area contributed by atoms with Gasteiger partial charge >= 0.3 is 0 Å². The van der Waals surface area contributed by atoms with E-state index in [1.165, 1.54) is 26.2 Å². The highest BCUT2D eigenvalue weighted by Crippen LogP contribution is 2.16. The molecule has 0 aromatic heterocycles. The number of nitrogens with one attached hydrogen (secondary N) is 1. The Morgan fingerprint density at radius 2 is 1.60 bits per heavy atom. The van der Waals surface area contributed by atoms with E-state index in [0.29, 0.717) is 18.7 Å². The number of para-hydroxylation sites is 1. The summed E-state index contributed by atoms with van der Waals surface area (Å²) in [7, 11) is -0.686. The highest BCUT2D eigenvalue weighted by Gasteiger charge is 2.18. The van der Waals surface area contributed by atoms with Gasteiger partial charge in [-0.15, -0.1) is 0 Å². The van der Waals surface area contributed by atoms with Crippen LogP contribution in [0.5, 0.6) is 5.75 Å². The van der Waals surface area contributed by atoms with Crippen molar-refractivity contribution in [3.05, 3.63) is 95.6 Å². The first-order valence-corrected chi connectivity index (χ1v) is 10.9. The summed E-state index contributed by atoms with van der Waals surface area (Å²) >= 11 is 0. The fourth-order valence-electron chi connectivity index (χ4n) is 2.81. The lowest BCUT2D eigenvalue weighted by atomic mass is 10.1. The van der Waals surface area contributed by atoms with E-state index in [1.807, 2.05) is 54.6 Å². The molecule has 0 heterocycles. The SMILES string of the molecule is CN(C)S(=O)(=O)c1cccc(C(=O)NCc2cccc(COc3ccccc3)c2)c1. The van der Waals surface area contributed by atoms with Crippen molar-refractivity contribution in [2.45, 2.75) is 18.0 Å². The van der Waals surface area contributed by atoms with Crippen LogP contribution in [0, 0.1) is 0 Å². The summed E-state index contributed by atoms with van der Waals surface area (Å²) in [5, 5.41) is 2.84. The highest BCUT2D eigenvalue weighted by molar-refractivity contribution is 7.89. The molecule has 1 amide bonds. The molecule has 7 heteroatoms. The number of amides is 1. The van der Waals surface area contributed by atoms with Crippen LogP contribution in [-0.2, 0) is 23.2 Å². The molecule has 1 N–H and O–H groups in total.